The van der Waals surface area contributed by atoms with E-state index in [4.69, 9.17) is 0 Å². The van der Waals surface area contributed by atoms with E-state index in [1.165, 1.54) is 0 Å². The van der Waals surface area contributed by atoms with Gasteiger partial charge in [0.15, 0.2) is 6.04 Å². The minimum atomic E-state index is -1.17. The molecule has 0 saturated heterocycles. The molecule has 0 aliphatic rings. The van der Waals surface area contributed by atoms with Crippen molar-refractivity contribution in [1.29, 1.82) is 0 Å². The quantitative estimate of drug-likeness (QED) is 0.344. The zero-order chi connectivity index (χ0) is 17.2. The molecule has 2 amide bonds. The van der Waals surface area contributed by atoms with Gasteiger partial charge in [0.1, 0.15) is 0 Å². The van der Waals surface area contributed by atoms with E-state index in [1.54, 1.807) is 30.3 Å². The zero-order valence-corrected chi connectivity index (χ0v) is 13.0. The summed E-state index contributed by atoms with van der Waals surface area (Å²) in [5.41, 5.74) is 0.457. The topological polar surface area (TPSA) is 107 Å². The molecule has 7 heteroatoms. The highest BCUT2D eigenvalue weighted by molar-refractivity contribution is 5.86. The molecule has 0 unspecified atom stereocenters. The Morgan fingerprint density at radius 2 is 1.96 bits per heavy atom. The van der Waals surface area contributed by atoms with Crippen molar-refractivity contribution in [3.05, 3.63) is 35.9 Å². The number of benzene rings is 1. The predicted octanol–water partition coefficient (Wildman–Crippen LogP) is 1.58. The SMILES string of the molecule is CCCC[C@H](CN(O)C=O)C(=O)N[C@H](C(=O)O)c1ccccc1. The summed E-state index contributed by atoms with van der Waals surface area (Å²) in [7, 11) is 0. The number of carboxylic acid groups (broad SMARTS) is 1. The van der Waals surface area contributed by atoms with Crippen molar-refractivity contribution >= 4 is 18.3 Å². The Kier molecular flexibility index (Phi) is 7.76. The number of hydrogen-bond acceptors (Lipinski definition) is 4. The molecule has 0 fully saturated rings. The Labute approximate surface area is 134 Å². The minimum absolute atomic E-state index is 0.170. The molecule has 2 atom stereocenters. The molecule has 0 spiro atoms. The maximum absolute atomic E-state index is 12.4. The number of hydrogen-bond donors (Lipinski definition) is 3. The summed E-state index contributed by atoms with van der Waals surface area (Å²) in [5, 5.41) is 21.5. The summed E-state index contributed by atoms with van der Waals surface area (Å²) in [6, 6.07) is 7.19. The monoisotopic (exact) mass is 322 g/mol. The molecular formula is C16H22N2O5. The van der Waals surface area contributed by atoms with Gasteiger partial charge < -0.3 is 10.4 Å². The van der Waals surface area contributed by atoms with Crippen molar-refractivity contribution in [1.82, 2.24) is 10.4 Å². The largest absolute Gasteiger partial charge is 0.479 e. The van der Waals surface area contributed by atoms with Crippen LogP contribution in [0.1, 0.15) is 37.8 Å². The third-order valence-electron chi connectivity index (χ3n) is 3.47. The van der Waals surface area contributed by atoms with E-state index >= 15 is 0 Å². The smallest absolute Gasteiger partial charge is 0.330 e. The number of hydroxylamine groups is 2. The second-order valence-corrected chi connectivity index (χ2v) is 5.26. The van der Waals surface area contributed by atoms with Crippen molar-refractivity contribution in [3.8, 4) is 0 Å². The van der Waals surface area contributed by atoms with Gasteiger partial charge in [0.25, 0.3) is 0 Å². The average Bonchev–Trinajstić information content (AvgIpc) is 2.56. The number of carbonyl (C=O) groups is 3. The van der Waals surface area contributed by atoms with Crippen LogP contribution in [0.3, 0.4) is 0 Å². The van der Waals surface area contributed by atoms with E-state index in [9.17, 15) is 24.7 Å². The third-order valence-corrected chi connectivity index (χ3v) is 3.47. The summed E-state index contributed by atoms with van der Waals surface area (Å²) in [5.74, 6) is -2.35. The summed E-state index contributed by atoms with van der Waals surface area (Å²) in [6.45, 7) is 1.78. The maximum atomic E-state index is 12.4. The van der Waals surface area contributed by atoms with E-state index in [0.717, 1.165) is 12.8 Å². The Bertz CT molecular complexity index is 520. The second kappa shape index (κ2) is 9.58. The van der Waals surface area contributed by atoms with Crippen LogP contribution in [0, 0.1) is 5.92 Å². The number of nitrogens with one attached hydrogen (secondary N) is 1. The number of carbonyl (C=O) groups excluding carboxylic acids is 2. The third kappa shape index (κ3) is 6.07. The fourth-order valence-electron chi connectivity index (χ4n) is 2.22. The Morgan fingerprint density at radius 1 is 1.30 bits per heavy atom. The maximum Gasteiger partial charge on any atom is 0.330 e. The van der Waals surface area contributed by atoms with Crippen LogP contribution < -0.4 is 5.32 Å². The molecule has 0 bridgehead atoms. The summed E-state index contributed by atoms with van der Waals surface area (Å²) < 4.78 is 0. The highest BCUT2D eigenvalue weighted by Gasteiger charge is 2.27. The molecule has 23 heavy (non-hydrogen) atoms. The van der Waals surface area contributed by atoms with Crippen molar-refractivity contribution in [2.45, 2.75) is 32.2 Å². The first-order valence-electron chi connectivity index (χ1n) is 7.48. The molecule has 0 heterocycles. The highest BCUT2D eigenvalue weighted by atomic mass is 16.5. The van der Waals surface area contributed by atoms with Crippen LogP contribution >= 0.6 is 0 Å². The van der Waals surface area contributed by atoms with Crippen molar-refractivity contribution in [2.24, 2.45) is 5.92 Å². The standard InChI is InChI=1S/C16H22N2O5/c1-2-3-7-13(10-18(23)11-19)15(20)17-14(16(21)22)12-8-5-4-6-9-12/h4-6,8-9,11,13-14,23H,2-3,7,10H2,1H3,(H,17,20)(H,21,22)/t13-,14+/m1/s1. The fraction of sp³-hybridized carbons (Fsp3) is 0.438. The number of aliphatic carboxylic acids is 1. The lowest BCUT2D eigenvalue weighted by molar-refractivity contribution is -0.155. The number of unbranched alkanes of at least 4 members (excludes halogenated alkanes) is 1. The van der Waals surface area contributed by atoms with Gasteiger partial charge in [-0.15, -0.1) is 0 Å². The molecule has 1 aromatic rings. The summed E-state index contributed by atoms with van der Waals surface area (Å²) in [6.07, 6.45) is 2.25. The van der Waals surface area contributed by atoms with Gasteiger partial charge in [0.05, 0.1) is 12.5 Å². The first-order chi connectivity index (χ1) is 11.0. The molecule has 1 aromatic carbocycles. The fourth-order valence-corrected chi connectivity index (χ4v) is 2.22. The van der Waals surface area contributed by atoms with Crippen LogP contribution in [-0.4, -0.2) is 40.2 Å². The van der Waals surface area contributed by atoms with Crippen LogP contribution in [0.15, 0.2) is 30.3 Å². The Morgan fingerprint density at radius 3 is 2.48 bits per heavy atom. The van der Waals surface area contributed by atoms with E-state index in [-0.39, 0.29) is 13.0 Å². The van der Waals surface area contributed by atoms with Crippen molar-refractivity contribution in [3.63, 3.8) is 0 Å². The zero-order valence-electron chi connectivity index (χ0n) is 13.0. The predicted molar refractivity (Wildman–Crippen MR) is 82.5 cm³/mol. The molecule has 0 aliphatic heterocycles. The van der Waals surface area contributed by atoms with Crippen molar-refractivity contribution in [2.75, 3.05) is 6.54 Å². The molecule has 0 aliphatic carbocycles. The van der Waals surface area contributed by atoms with Crippen LogP contribution in [0.5, 0.6) is 0 Å². The van der Waals surface area contributed by atoms with Crippen LogP contribution in [-0.2, 0) is 14.4 Å². The van der Waals surface area contributed by atoms with Crippen LogP contribution in [0.25, 0.3) is 0 Å². The normalized spacial score (nSPS) is 13.0. The van der Waals surface area contributed by atoms with Crippen LogP contribution in [0.2, 0.25) is 0 Å². The van der Waals surface area contributed by atoms with Crippen LogP contribution in [0.4, 0.5) is 0 Å². The van der Waals surface area contributed by atoms with E-state index in [2.05, 4.69) is 5.32 Å². The Balaban J connectivity index is 2.84. The van der Waals surface area contributed by atoms with E-state index in [1.807, 2.05) is 6.92 Å². The van der Waals surface area contributed by atoms with E-state index in [0.29, 0.717) is 17.0 Å². The van der Waals surface area contributed by atoms with Gasteiger partial charge in [0.2, 0.25) is 12.3 Å². The lowest BCUT2D eigenvalue weighted by Gasteiger charge is -2.22. The first kappa shape index (κ1) is 18.6. The molecular weight excluding hydrogens is 300 g/mol. The molecule has 1 rings (SSSR count). The first-order valence-corrected chi connectivity index (χ1v) is 7.48. The van der Waals surface area contributed by atoms with Gasteiger partial charge in [-0.3, -0.25) is 14.8 Å². The molecule has 0 aromatic heterocycles. The van der Waals surface area contributed by atoms with Crippen molar-refractivity contribution < 1.29 is 24.7 Å². The van der Waals surface area contributed by atoms with Gasteiger partial charge in [-0.1, -0.05) is 50.1 Å². The number of amides is 2. The molecule has 7 nitrogen and oxygen atoms in total. The summed E-state index contributed by atoms with van der Waals surface area (Å²) in [4.78, 5) is 34.3. The van der Waals surface area contributed by atoms with E-state index < -0.39 is 23.8 Å². The minimum Gasteiger partial charge on any atom is -0.479 e. The summed E-state index contributed by atoms with van der Waals surface area (Å²) >= 11 is 0. The van der Waals surface area contributed by atoms with Gasteiger partial charge in [-0.25, -0.2) is 9.86 Å². The highest BCUT2D eigenvalue weighted by Crippen LogP contribution is 2.16. The molecule has 126 valence electrons. The molecule has 0 saturated carbocycles. The lowest BCUT2D eigenvalue weighted by Crippen LogP contribution is -2.41. The van der Waals surface area contributed by atoms with Gasteiger partial charge in [0, 0.05) is 0 Å². The van der Waals surface area contributed by atoms with Gasteiger partial charge in [-0.2, -0.15) is 0 Å². The Hall–Kier alpha value is -2.41. The molecule has 3 N–H and O–H groups in total. The van der Waals surface area contributed by atoms with Gasteiger partial charge >= 0.3 is 5.97 Å². The molecule has 0 radical (unpaired) electrons. The number of rotatable bonds is 10. The average molecular weight is 322 g/mol. The lowest BCUT2D eigenvalue weighted by atomic mass is 9.99. The number of carboxylic acids is 1. The number of nitrogens with zero attached hydrogens (tertiary/aromatic N) is 1. The second-order valence-electron chi connectivity index (χ2n) is 5.26. The van der Waals surface area contributed by atoms with Gasteiger partial charge in [-0.05, 0) is 12.0 Å².